The summed E-state index contributed by atoms with van der Waals surface area (Å²) in [7, 11) is 0. The Bertz CT molecular complexity index is 282. The van der Waals surface area contributed by atoms with Gasteiger partial charge >= 0.3 is 0 Å². The van der Waals surface area contributed by atoms with E-state index in [0.717, 1.165) is 0 Å². The second-order valence-electron chi connectivity index (χ2n) is 1.52. The topological polar surface area (TPSA) is 23.8 Å². The van der Waals surface area contributed by atoms with Crippen LogP contribution in [0.15, 0.2) is 20.5 Å². The van der Waals surface area contributed by atoms with Gasteiger partial charge < -0.3 is 0 Å². The third kappa shape index (κ3) is 1.99. The Hall–Kier alpha value is -0.0200. The van der Waals surface area contributed by atoms with Crippen molar-refractivity contribution < 1.29 is 4.39 Å². The van der Waals surface area contributed by atoms with Crippen molar-refractivity contribution >= 4 is 40.2 Å². The summed E-state index contributed by atoms with van der Waals surface area (Å²) in [5.74, 6) is 0. The summed E-state index contributed by atoms with van der Waals surface area (Å²) < 4.78 is 13.6. The van der Waals surface area contributed by atoms with Crippen LogP contribution in [0.3, 0.4) is 0 Å². The zero-order valence-corrected chi connectivity index (χ0v) is 8.48. The van der Waals surface area contributed by atoms with E-state index in [0.29, 0.717) is 7.99 Å². The maximum absolute atomic E-state index is 12.5. The van der Waals surface area contributed by atoms with E-state index in [1.165, 1.54) is 6.08 Å². The van der Waals surface area contributed by atoms with Gasteiger partial charge in [-0.05, 0) is 32.9 Å². The van der Waals surface area contributed by atoms with Crippen LogP contribution in [0.25, 0.3) is 0 Å². The van der Waals surface area contributed by atoms with Gasteiger partial charge in [-0.3, -0.25) is 0 Å². The SMILES string of the molecule is N#CC1=IC(F)=CC(Br)=C1. The molecule has 4 heteroatoms. The van der Waals surface area contributed by atoms with Crippen LogP contribution in [0.4, 0.5) is 4.39 Å². The number of allylic oxidation sites excluding steroid dienone is 3. The molecule has 1 aliphatic rings. The van der Waals surface area contributed by atoms with Gasteiger partial charge in [0.2, 0.25) is 0 Å². The minimum Gasteiger partial charge on any atom is -0.200 e. The lowest BCUT2D eigenvalue weighted by Crippen LogP contribution is -1.86. The van der Waals surface area contributed by atoms with Crippen LogP contribution in [0, 0.1) is 11.3 Å². The molecule has 0 atom stereocenters. The molecule has 0 aromatic heterocycles. The zero-order valence-electron chi connectivity index (χ0n) is 4.74. The predicted molar refractivity (Wildman–Crippen MR) is 50.8 cm³/mol. The molecule has 0 unspecified atom stereocenters. The van der Waals surface area contributed by atoms with Gasteiger partial charge in [-0.1, -0.05) is 15.9 Å². The Morgan fingerprint density at radius 1 is 1.60 bits per heavy atom. The number of halogens is 3. The Kier molecular flexibility index (Phi) is 2.74. The number of hydrogen-bond donors (Lipinski definition) is 0. The van der Waals surface area contributed by atoms with Gasteiger partial charge in [0.1, 0.15) is 6.07 Å². The van der Waals surface area contributed by atoms with Crippen molar-refractivity contribution in [3.63, 3.8) is 0 Å². The molecule has 0 spiro atoms. The monoisotopic (exact) mass is 313 g/mol. The average molecular weight is 314 g/mol. The largest absolute Gasteiger partial charge is 0.200 e. The fourth-order valence-electron chi connectivity index (χ4n) is 0.472. The lowest BCUT2D eigenvalue weighted by Gasteiger charge is -1.96. The minimum atomic E-state index is -0.798. The van der Waals surface area contributed by atoms with Crippen molar-refractivity contribution in [1.29, 1.82) is 5.26 Å². The van der Waals surface area contributed by atoms with E-state index in [9.17, 15) is 4.39 Å². The molecule has 0 fully saturated rings. The summed E-state index contributed by atoms with van der Waals surface area (Å²) in [5, 5.41) is 8.41. The van der Waals surface area contributed by atoms with Gasteiger partial charge in [-0.25, -0.2) is 4.39 Å². The van der Waals surface area contributed by atoms with Gasteiger partial charge in [0.05, 0.1) is 3.51 Å². The third-order valence-electron chi connectivity index (χ3n) is 0.810. The molecule has 0 bridgehead atoms. The van der Waals surface area contributed by atoms with Crippen molar-refractivity contribution in [3.05, 3.63) is 20.5 Å². The van der Waals surface area contributed by atoms with Gasteiger partial charge in [0, 0.05) is 4.48 Å². The highest BCUT2D eigenvalue weighted by Crippen LogP contribution is 2.27. The minimum absolute atomic E-state index is 0.162. The summed E-state index contributed by atoms with van der Waals surface area (Å²) in [6.45, 7) is 0. The van der Waals surface area contributed by atoms with Crippen LogP contribution < -0.4 is 0 Å². The maximum Gasteiger partial charge on any atom is 0.157 e. The molecule has 0 aromatic carbocycles. The molecule has 0 aliphatic carbocycles. The molecule has 52 valence electrons. The number of nitriles is 1. The highest BCUT2D eigenvalue weighted by atomic mass is 127. The van der Waals surface area contributed by atoms with Crippen molar-refractivity contribution in [2.75, 3.05) is 0 Å². The molecule has 1 nitrogen and oxygen atoms in total. The normalized spacial score (nSPS) is 17.5. The lowest BCUT2D eigenvalue weighted by atomic mass is 10.4. The van der Waals surface area contributed by atoms with E-state index < -0.39 is 20.7 Å². The summed E-state index contributed by atoms with van der Waals surface area (Å²) in [6.07, 6.45) is 3.07. The molecular weight excluding hydrogens is 312 g/mol. The van der Waals surface area contributed by atoms with Crippen molar-refractivity contribution in [3.8, 4) is 6.07 Å². The molecule has 0 saturated heterocycles. The quantitative estimate of drug-likeness (QED) is 0.631. The van der Waals surface area contributed by atoms with Crippen LogP contribution in [0.1, 0.15) is 0 Å². The molecule has 0 saturated carbocycles. The van der Waals surface area contributed by atoms with Crippen molar-refractivity contribution in [1.82, 2.24) is 0 Å². The Morgan fingerprint density at radius 2 is 2.30 bits per heavy atom. The van der Waals surface area contributed by atoms with Gasteiger partial charge in [-0.15, -0.1) is 0 Å². The first-order valence-corrected chi connectivity index (χ1v) is 5.33. The Labute approximate surface area is 76.1 Å². The summed E-state index contributed by atoms with van der Waals surface area (Å²) in [4.78, 5) is 0. The molecule has 0 aromatic rings. The fraction of sp³-hybridized carbons (Fsp3) is 0. The second-order valence-corrected chi connectivity index (χ2v) is 5.17. The van der Waals surface area contributed by atoms with Crippen LogP contribution in [-0.2, 0) is 0 Å². The molecular formula is C6H2BrFIN. The standard InChI is InChI=1S/C6H2BrFIN/c7-4-1-5(3-10)9-6(8)2-4/h1-2H. The molecule has 1 aliphatic heterocycles. The number of nitrogens with zero attached hydrogens (tertiary/aromatic N) is 1. The van der Waals surface area contributed by atoms with Gasteiger partial charge in [-0.2, -0.15) is 5.26 Å². The first-order valence-electron chi connectivity index (χ1n) is 2.38. The molecule has 1 heterocycles. The smallest absolute Gasteiger partial charge is 0.157 e. The number of hydrogen-bond acceptors (Lipinski definition) is 1. The van der Waals surface area contributed by atoms with Gasteiger partial charge in [0.15, 0.2) is 3.83 Å². The third-order valence-corrected chi connectivity index (χ3v) is 3.23. The van der Waals surface area contributed by atoms with Crippen LogP contribution in [0.2, 0.25) is 0 Å². The molecule has 1 rings (SSSR count). The van der Waals surface area contributed by atoms with E-state index in [1.54, 1.807) is 6.08 Å². The fourth-order valence-corrected chi connectivity index (χ4v) is 3.42. The van der Waals surface area contributed by atoms with Crippen LogP contribution in [-0.4, -0.2) is 3.51 Å². The summed E-state index contributed by atoms with van der Waals surface area (Å²) in [5.41, 5.74) is 0. The predicted octanol–water partition coefficient (Wildman–Crippen LogP) is 2.76. The first-order chi connectivity index (χ1) is 4.72. The highest BCUT2D eigenvalue weighted by molar-refractivity contribution is 14.2. The first kappa shape index (κ1) is 8.08. The molecule has 10 heavy (non-hydrogen) atoms. The van der Waals surface area contributed by atoms with Crippen molar-refractivity contribution in [2.45, 2.75) is 0 Å². The van der Waals surface area contributed by atoms with Crippen molar-refractivity contribution in [2.24, 2.45) is 0 Å². The summed E-state index contributed by atoms with van der Waals surface area (Å²) in [6, 6.07) is 1.94. The lowest BCUT2D eigenvalue weighted by molar-refractivity contribution is 0.711. The van der Waals surface area contributed by atoms with E-state index in [4.69, 9.17) is 5.26 Å². The van der Waals surface area contributed by atoms with E-state index in [2.05, 4.69) is 15.9 Å². The zero-order chi connectivity index (χ0) is 7.56. The molecule has 0 radical (unpaired) electrons. The Balaban J connectivity index is 3.05. The molecule has 0 N–H and O–H groups in total. The highest BCUT2D eigenvalue weighted by Gasteiger charge is 2.03. The Morgan fingerprint density at radius 3 is 2.80 bits per heavy atom. The van der Waals surface area contributed by atoms with Crippen LogP contribution >= 0.6 is 36.7 Å². The van der Waals surface area contributed by atoms with Crippen LogP contribution in [0.5, 0.6) is 0 Å². The maximum atomic E-state index is 12.5. The second kappa shape index (κ2) is 3.39. The average Bonchev–Trinajstić information content (AvgIpc) is 1.85. The van der Waals surface area contributed by atoms with Gasteiger partial charge in [0.25, 0.3) is 0 Å². The molecule has 0 amide bonds. The number of rotatable bonds is 0. The van der Waals surface area contributed by atoms with E-state index in [1.807, 2.05) is 6.07 Å². The van der Waals surface area contributed by atoms with E-state index in [-0.39, 0.29) is 3.83 Å². The van der Waals surface area contributed by atoms with E-state index >= 15 is 0 Å². The summed E-state index contributed by atoms with van der Waals surface area (Å²) >= 11 is 2.30.